The molecule has 0 radical (unpaired) electrons. The van der Waals surface area contributed by atoms with Crippen molar-refractivity contribution in [3.63, 3.8) is 0 Å². The summed E-state index contributed by atoms with van der Waals surface area (Å²) in [5, 5.41) is 10.1. The van der Waals surface area contributed by atoms with Crippen LogP contribution in [-0.4, -0.2) is 26.8 Å². The molecule has 0 amide bonds. The highest BCUT2D eigenvalue weighted by molar-refractivity contribution is 5.77. The van der Waals surface area contributed by atoms with Gasteiger partial charge in [0.15, 0.2) is 0 Å². The number of fused-ring (bicyclic) bond motifs is 2. The number of aromatic nitrogens is 2. The molecule has 1 aromatic heterocycles. The number of nitrogens with two attached hydrogens (primary N) is 1. The number of nitrogens with zero attached hydrogens (tertiary/aromatic N) is 2. The normalized spacial score (nSPS) is 25.6. The molecular weight excluding hydrogens is 230 g/mol. The molecule has 1 aromatic carbocycles. The first-order valence-electron chi connectivity index (χ1n) is 5.86. The molecule has 5 nitrogen and oxygen atoms in total. The van der Waals surface area contributed by atoms with Crippen LogP contribution < -0.4 is 10.5 Å². The minimum atomic E-state index is -0.751. The average molecular weight is 245 g/mol. The molecule has 1 aliphatic heterocycles. The third-order valence-electron chi connectivity index (χ3n) is 3.39. The van der Waals surface area contributed by atoms with E-state index in [1.807, 2.05) is 26.0 Å². The van der Waals surface area contributed by atoms with Crippen molar-refractivity contribution in [3.05, 3.63) is 30.1 Å². The average Bonchev–Trinajstić information content (AvgIpc) is 2.34. The standard InChI is InChI=1S/C13H15N3O2/c1-13(2)12(17)11(14)7-5-8-9(6-10(7)18-13)16-4-3-15-8/h3-6,11-12,17H,14H2,1-2H3/t11-,12+/m0/s1. The Bertz CT molecular complexity index is 612. The van der Waals surface area contributed by atoms with Gasteiger partial charge in [-0.15, -0.1) is 0 Å². The molecule has 94 valence electrons. The molecule has 1 aliphatic rings. The zero-order valence-corrected chi connectivity index (χ0v) is 10.3. The predicted octanol–water partition coefficient (Wildman–Crippen LogP) is 1.16. The molecule has 0 bridgehead atoms. The van der Waals surface area contributed by atoms with E-state index in [-0.39, 0.29) is 0 Å². The first kappa shape index (κ1) is 11.4. The molecule has 5 heteroatoms. The summed E-state index contributed by atoms with van der Waals surface area (Å²) in [7, 11) is 0. The fraction of sp³-hybridized carbons (Fsp3) is 0.385. The van der Waals surface area contributed by atoms with E-state index in [4.69, 9.17) is 10.5 Å². The van der Waals surface area contributed by atoms with Gasteiger partial charge >= 0.3 is 0 Å². The fourth-order valence-electron chi connectivity index (χ4n) is 2.30. The molecule has 2 aromatic rings. The summed E-state index contributed by atoms with van der Waals surface area (Å²) in [6, 6.07) is 3.18. The third-order valence-corrected chi connectivity index (χ3v) is 3.39. The van der Waals surface area contributed by atoms with Crippen molar-refractivity contribution in [2.75, 3.05) is 0 Å². The smallest absolute Gasteiger partial charge is 0.131 e. The zero-order valence-electron chi connectivity index (χ0n) is 10.3. The van der Waals surface area contributed by atoms with Crippen LogP contribution in [0.2, 0.25) is 0 Å². The fourth-order valence-corrected chi connectivity index (χ4v) is 2.30. The Morgan fingerprint density at radius 1 is 1.22 bits per heavy atom. The van der Waals surface area contributed by atoms with Gasteiger partial charge in [-0.25, -0.2) is 0 Å². The Balaban J connectivity index is 2.22. The van der Waals surface area contributed by atoms with Crippen molar-refractivity contribution >= 4 is 11.0 Å². The minimum Gasteiger partial charge on any atom is -0.485 e. The van der Waals surface area contributed by atoms with Gasteiger partial charge in [0.25, 0.3) is 0 Å². The summed E-state index contributed by atoms with van der Waals surface area (Å²) in [4.78, 5) is 8.47. The molecular formula is C13H15N3O2. The number of aliphatic hydroxyl groups is 1. The molecule has 2 heterocycles. The van der Waals surface area contributed by atoms with Crippen LogP contribution in [0.5, 0.6) is 5.75 Å². The highest BCUT2D eigenvalue weighted by atomic mass is 16.5. The highest BCUT2D eigenvalue weighted by Crippen LogP contribution is 2.39. The Morgan fingerprint density at radius 2 is 1.83 bits per heavy atom. The summed E-state index contributed by atoms with van der Waals surface area (Å²) in [5.74, 6) is 0.672. The van der Waals surface area contributed by atoms with E-state index in [0.29, 0.717) is 5.75 Å². The Morgan fingerprint density at radius 3 is 2.50 bits per heavy atom. The lowest BCUT2D eigenvalue weighted by atomic mass is 9.87. The topological polar surface area (TPSA) is 81.3 Å². The second-order valence-corrected chi connectivity index (χ2v) is 5.11. The predicted molar refractivity (Wildman–Crippen MR) is 67.2 cm³/mol. The van der Waals surface area contributed by atoms with Crippen LogP contribution in [0.15, 0.2) is 24.5 Å². The van der Waals surface area contributed by atoms with E-state index >= 15 is 0 Å². The summed E-state index contributed by atoms with van der Waals surface area (Å²) in [6.07, 6.45) is 2.51. The zero-order chi connectivity index (χ0) is 12.9. The molecule has 0 aliphatic carbocycles. The summed E-state index contributed by atoms with van der Waals surface area (Å²) < 4.78 is 5.81. The van der Waals surface area contributed by atoms with E-state index in [0.717, 1.165) is 16.6 Å². The van der Waals surface area contributed by atoms with Crippen LogP contribution in [0.1, 0.15) is 25.5 Å². The molecule has 0 saturated carbocycles. The number of aliphatic hydroxyl groups excluding tert-OH is 1. The first-order chi connectivity index (χ1) is 8.49. The molecule has 3 N–H and O–H groups in total. The van der Waals surface area contributed by atoms with Crippen molar-refractivity contribution in [1.29, 1.82) is 0 Å². The van der Waals surface area contributed by atoms with Gasteiger partial charge in [-0.2, -0.15) is 0 Å². The Hall–Kier alpha value is -1.72. The number of ether oxygens (including phenoxy) is 1. The van der Waals surface area contributed by atoms with Gasteiger partial charge in [-0.3, -0.25) is 9.97 Å². The Labute approximate surface area is 105 Å². The SMILES string of the molecule is CC1(C)Oc2cc3nccnc3cc2[C@H](N)[C@H]1O. The lowest BCUT2D eigenvalue weighted by Gasteiger charge is -2.40. The second-order valence-electron chi connectivity index (χ2n) is 5.11. The third kappa shape index (κ3) is 1.55. The van der Waals surface area contributed by atoms with Gasteiger partial charge < -0.3 is 15.6 Å². The maximum atomic E-state index is 10.1. The van der Waals surface area contributed by atoms with Gasteiger partial charge in [0, 0.05) is 24.0 Å². The van der Waals surface area contributed by atoms with E-state index in [9.17, 15) is 5.11 Å². The van der Waals surface area contributed by atoms with Gasteiger partial charge in [0.2, 0.25) is 0 Å². The molecule has 2 atom stereocenters. The number of hydrogen-bond acceptors (Lipinski definition) is 5. The van der Waals surface area contributed by atoms with Crippen LogP contribution in [0.3, 0.4) is 0 Å². The molecule has 0 saturated heterocycles. The maximum absolute atomic E-state index is 10.1. The van der Waals surface area contributed by atoms with Crippen molar-refractivity contribution < 1.29 is 9.84 Å². The quantitative estimate of drug-likeness (QED) is 0.728. The van der Waals surface area contributed by atoms with E-state index in [2.05, 4.69) is 9.97 Å². The second kappa shape index (κ2) is 3.63. The molecule has 0 fully saturated rings. The van der Waals surface area contributed by atoms with Crippen LogP contribution in [0.25, 0.3) is 11.0 Å². The van der Waals surface area contributed by atoms with Crippen molar-refractivity contribution in [2.45, 2.75) is 31.6 Å². The maximum Gasteiger partial charge on any atom is 0.131 e. The van der Waals surface area contributed by atoms with Crippen LogP contribution in [0.4, 0.5) is 0 Å². The first-order valence-corrected chi connectivity index (χ1v) is 5.86. The van der Waals surface area contributed by atoms with Crippen molar-refractivity contribution in [3.8, 4) is 5.75 Å². The van der Waals surface area contributed by atoms with Crippen LogP contribution in [0, 0.1) is 0 Å². The Kier molecular flexibility index (Phi) is 2.30. The van der Waals surface area contributed by atoms with Gasteiger partial charge in [0.1, 0.15) is 17.5 Å². The van der Waals surface area contributed by atoms with E-state index in [1.165, 1.54) is 0 Å². The highest BCUT2D eigenvalue weighted by Gasteiger charge is 2.41. The summed E-state index contributed by atoms with van der Waals surface area (Å²) in [6.45, 7) is 3.64. The number of hydrogen-bond donors (Lipinski definition) is 2. The van der Waals surface area contributed by atoms with Gasteiger partial charge in [-0.1, -0.05) is 0 Å². The van der Waals surface area contributed by atoms with Crippen molar-refractivity contribution in [1.82, 2.24) is 9.97 Å². The molecule has 0 spiro atoms. The monoisotopic (exact) mass is 245 g/mol. The lowest BCUT2D eigenvalue weighted by Crippen LogP contribution is -2.51. The van der Waals surface area contributed by atoms with Gasteiger partial charge in [-0.05, 0) is 19.9 Å². The number of rotatable bonds is 0. The summed E-state index contributed by atoms with van der Waals surface area (Å²) in [5.41, 5.74) is 7.66. The number of benzene rings is 1. The van der Waals surface area contributed by atoms with Gasteiger partial charge in [0.05, 0.1) is 17.1 Å². The molecule has 18 heavy (non-hydrogen) atoms. The molecule has 0 unspecified atom stereocenters. The minimum absolute atomic E-state index is 0.477. The van der Waals surface area contributed by atoms with Crippen LogP contribution >= 0.6 is 0 Å². The lowest BCUT2D eigenvalue weighted by molar-refractivity contribution is -0.0570. The summed E-state index contributed by atoms with van der Waals surface area (Å²) >= 11 is 0. The van der Waals surface area contributed by atoms with E-state index < -0.39 is 17.7 Å². The van der Waals surface area contributed by atoms with Crippen molar-refractivity contribution in [2.24, 2.45) is 5.73 Å². The largest absolute Gasteiger partial charge is 0.485 e. The molecule has 3 rings (SSSR count). The van der Waals surface area contributed by atoms with E-state index in [1.54, 1.807) is 12.4 Å². The van der Waals surface area contributed by atoms with Crippen LogP contribution in [-0.2, 0) is 0 Å².